The van der Waals surface area contributed by atoms with E-state index in [1.54, 1.807) is 6.92 Å². The summed E-state index contributed by atoms with van der Waals surface area (Å²) < 4.78 is 0.987. The lowest BCUT2D eigenvalue weighted by atomic mass is 10.1. The van der Waals surface area contributed by atoms with Gasteiger partial charge in [-0.1, -0.05) is 28.1 Å². The standard InChI is InChI=1S/C13H12BrNO2S/c1-7(13(16)17)11-8(2)15-12(18-11)9-4-3-5-10(14)6-9/h3-7H,1-2H3,(H,16,17). The largest absolute Gasteiger partial charge is 0.481 e. The number of carboxylic acid groups (broad SMARTS) is 1. The van der Waals surface area contributed by atoms with Crippen LogP contribution in [0.4, 0.5) is 0 Å². The Kier molecular flexibility index (Phi) is 3.82. The normalized spacial score (nSPS) is 12.4. The lowest BCUT2D eigenvalue weighted by Gasteiger charge is -2.02. The molecule has 1 heterocycles. The summed E-state index contributed by atoms with van der Waals surface area (Å²) in [5.41, 5.74) is 1.80. The molecule has 1 aromatic heterocycles. The second-order valence-corrected chi connectivity index (χ2v) is 5.99. The molecule has 0 spiro atoms. The molecule has 1 aromatic carbocycles. The van der Waals surface area contributed by atoms with Crippen LogP contribution in [-0.4, -0.2) is 16.1 Å². The number of aryl methyl sites for hydroxylation is 1. The number of rotatable bonds is 3. The number of hydrogen-bond donors (Lipinski definition) is 1. The fraction of sp³-hybridized carbons (Fsp3) is 0.231. The highest BCUT2D eigenvalue weighted by atomic mass is 79.9. The van der Waals surface area contributed by atoms with Crippen molar-refractivity contribution in [1.29, 1.82) is 0 Å². The Morgan fingerprint density at radius 3 is 2.83 bits per heavy atom. The van der Waals surface area contributed by atoms with Crippen LogP contribution in [0.15, 0.2) is 28.7 Å². The average molecular weight is 326 g/mol. The second-order valence-electron chi connectivity index (χ2n) is 4.04. The molecule has 0 saturated carbocycles. The summed E-state index contributed by atoms with van der Waals surface area (Å²) in [6.07, 6.45) is 0. The van der Waals surface area contributed by atoms with Gasteiger partial charge >= 0.3 is 5.97 Å². The van der Waals surface area contributed by atoms with Crippen molar-refractivity contribution >= 4 is 33.2 Å². The van der Waals surface area contributed by atoms with Crippen LogP contribution in [0.25, 0.3) is 10.6 Å². The van der Waals surface area contributed by atoms with Crippen molar-refractivity contribution < 1.29 is 9.90 Å². The maximum absolute atomic E-state index is 11.0. The summed E-state index contributed by atoms with van der Waals surface area (Å²) in [4.78, 5) is 16.3. The minimum atomic E-state index is -0.817. The fourth-order valence-electron chi connectivity index (χ4n) is 1.67. The van der Waals surface area contributed by atoms with Gasteiger partial charge in [0.1, 0.15) is 5.01 Å². The lowest BCUT2D eigenvalue weighted by Crippen LogP contribution is -2.06. The zero-order valence-corrected chi connectivity index (χ0v) is 12.4. The van der Waals surface area contributed by atoms with Gasteiger partial charge in [0.15, 0.2) is 0 Å². The third kappa shape index (κ3) is 2.62. The molecule has 2 rings (SSSR count). The third-order valence-corrected chi connectivity index (χ3v) is 4.55. The van der Waals surface area contributed by atoms with Gasteiger partial charge in [0.2, 0.25) is 0 Å². The van der Waals surface area contributed by atoms with Gasteiger partial charge in [0.05, 0.1) is 11.6 Å². The van der Waals surface area contributed by atoms with Crippen LogP contribution in [0, 0.1) is 6.92 Å². The SMILES string of the molecule is Cc1nc(-c2cccc(Br)c2)sc1C(C)C(=O)O. The van der Waals surface area contributed by atoms with Crippen LogP contribution in [0.5, 0.6) is 0 Å². The Labute approximate surface area is 118 Å². The van der Waals surface area contributed by atoms with Crippen LogP contribution >= 0.6 is 27.3 Å². The summed E-state index contributed by atoms with van der Waals surface area (Å²) in [6, 6.07) is 7.84. The quantitative estimate of drug-likeness (QED) is 0.925. The first-order chi connectivity index (χ1) is 8.49. The molecule has 0 amide bonds. The van der Waals surface area contributed by atoms with Crippen LogP contribution in [0.3, 0.4) is 0 Å². The molecule has 1 atom stereocenters. The predicted molar refractivity (Wildman–Crippen MR) is 76.0 cm³/mol. The highest BCUT2D eigenvalue weighted by Crippen LogP contribution is 2.33. The molecule has 1 unspecified atom stereocenters. The first-order valence-electron chi connectivity index (χ1n) is 5.45. The van der Waals surface area contributed by atoms with Gasteiger partial charge in [0.25, 0.3) is 0 Å². The second kappa shape index (κ2) is 5.20. The minimum absolute atomic E-state index is 0.511. The molecule has 0 radical (unpaired) electrons. The molecule has 3 nitrogen and oxygen atoms in total. The number of carbonyl (C=O) groups is 1. The van der Waals surface area contributed by atoms with Gasteiger partial charge in [0, 0.05) is 14.9 Å². The van der Waals surface area contributed by atoms with Gasteiger partial charge in [-0.2, -0.15) is 0 Å². The van der Waals surface area contributed by atoms with Crippen LogP contribution in [0.2, 0.25) is 0 Å². The van der Waals surface area contributed by atoms with E-state index < -0.39 is 11.9 Å². The maximum Gasteiger partial charge on any atom is 0.311 e. The number of aromatic nitrogens is 1. The van der Waals surface area contributed by atoms with E-state index in [9.17, 15) is 4.79 Å². The zero-order chi connectivity index (χ0) is 13.3. The molecule has 0 bridgehead atoms. The molecule has 0 saturated heterocycles. The Morgan fingerprint density at radius 1 is 1.50 bits per heavy atom. The van der Waals surface area contributed by atoms with Gasteiger partial charge in [-0.15, -0.1) is 11.3 Å². The summed E-state index contributed by atoms with van der Waals surface area (Å²) in [7, 11) is 0. The Morgan fingerprint density at radius 2 is 2.22 bits per heavy atom. The average Bonchev–Trinajstić information content (AvgIpc) is 2.70. The van der Waals surface area contributed by atoms with Crippen LogP contribution < -0.4 is 0 Å². The number of thiazole rings is 1. The van der Waals surface area contributed by atoms with E-state index >= 15 is 0 Å². The van der Waals surface area contributed by atoms with E-state index in [1.807, 2.05) is 31.2 Å². The summed E-state index contributed by atoms with van der Waals surface area (Å²) in [6.45, 7) is 3.54. The van der Waals surface area contributed by atoms with Crippen molar-refractivity contribution in [2.45, 2.75) is 19.8 Å². The lowest BCUT2D eigenvalue weighted by molar-refractivity contribution is -0.138. The van der Waals surface area contributed by atoms with Crippen molar-refractivity contribution in [1.82, 2.24) is 4.98 Å². The van der Waals surface area contributed by atoms with Crippen molar-refractivity contribution in [3.63, 3.8) is 0 Å². The molecule has 0 aliphatic heterocycles. The number of aliphatic carboxylic acids is 1. The van der Waals surface area contributed by atoms with Crippen molar-refractivity contribution in [3.05, 3.63) is 39.3 Å². The molecule has 0 fully saturated rings. The number of nitrogens with zero attached hydrogens (tertiary/aromatic N) is 1. The first kappa shape index (κ1) is 13.2. The van der Waals surface area contributed by atoms with Crippen molar-refractivity contribution in [3.8, 4) is 10.6 Å². The smallest absolute Gasteiger partial charge is 0.311 e. The highest BCUT2D eigenvalue weighted by molar-refractivity contribution is 9.10. The molecule has 1 N–H and O–H groups in total. The molecular weight excluding hydrogens is 314 g/mol. The molecule has 94 valence electrons. The Hall–Kier alpha value is -1.20. The third-order valence-electron chi connectivity index (χ3n) is 2.67. The van der Waals surface area contributed by atoms with Crippen molar-refractivity contribution in [2.75, 3.05) is 0 Å². The number of hydrogen-bond acceptors (Lipinski definition) is 3. The Balaban J connectivity index is 2.43. The molecule has 0 aliphatic rings. The molecule has 18 heavy (non-hydrogen) atoms. The minimum Gasteiger partial charge on any atom is -0.481 e. The van der Waals surface area contributed by atoms with E-state index in [4.69, 9.17) is 5.11 Å². The van der Waals surface area contributed by atoms with E-state index in [1.165, 1.54) is 11.3 Å². The molecule has 5 heteroatoms. The molecule has 2 aromatic rings. The highest BCUT2D eigenvalue weighted by Gasteiger charge is 2.20. The van der Waals surface area contributed by atoms with E-state index in [-0.39, 0.29) is 0 Å². The fourth-order valence-corrected chi connectivity index (χ4v) is 3.17. The first-order valence-corrected chi connectivity index (χ1v) is 7.06. The molecular formula is C13H12BrNO2S. The summed E-state index contributed by atoms with van der Waals surface area (Å²) in [5, 5.41) is 9.91. The van der Waals surface area contributed by atoms with E-state index in [2.05, 4.69) is 20.9 Å². The van der Waals surface area contributed by atoms with E-state index in [0.29, 0.717) is 0 Å². The van der Waals surface area contributed by atoms with Crippen LogP contribution in [0.1, 0.15) is 23.4 Å². The number of carboxylic acids is 1. The van der Waals surface area contributed by atoms with Gasteiger partial charge in [-0.05, 0) is 26.0 Å². The zero-order valence-electron chi connectivity index (χ0n) is 9.98. The predicted octanol–water partition coefficient (Wildman–Crippen LogP) is 4.07. The topological polar surface area (TPSA) is 50.2 Å². The maximum atomic E-state index is 11.0. The number of halogens is 1. The van der Waals surface area contributed by atoms with Crippen molar-refractivity contribution in [2.24, 2.45) is 0 Å². The summed E-state index contributed by atoms with van der Waals surface area (Å²) >= 11 is 4.86. The summed E-state index contributed by atoms with van der Waals surface area (Å²) in [5.74, 6) is -1.33. The van der Waals surface area contributed by atoms with Gasteiger partial charge < -0.3 is 5.11 Å². The molecule has 0 aliphatic carbocycles. The van der Waals surface area contributed by atoms with Crippen LogP contribution in [-0.2, 0) is 4.79 Å². The Bertz CT molecular complexity index is 594. The monoisotopic (exact) mass is 325 g/mol. The van der Waals surface area contributed by atoms with Gasteiger partial charge in [-0.3, -0.25) is 4.79 Å². The van der Waals surface area contributed by atoms with Gasteiger partial charge in [-0.25, -0.2) is 4.98 Å². The number of benzene rings is 1. The van der Waals surface area contributed by atoms with E-state index in [0.717, 1.165) is 25.6 Å².